The zero-order chi connectivity index (χ0) is 15.7. The van der Waals surface area contributed by atoms with Gasteiger partial charge in [-0.25, -0.2) is 9.59 Å². The Balaban J connectivity index is 4.43. The predicted molar refractivity (Wildman–Crippen MR) is 74.2 cm³/mol. The van der Waals surface area contributed by atoms with E-state index in [0.29, 0.717) is 13.1 Å². The number of nitrogens with two attached hydrogens (primary N) is 1. The highest BCUT2D eigenvalue weighted by atomic mass is 16.4. The van der Waals surface area contributed by atoms with Crippen LogP contribution in [0.4, 0.5) is 4.79 Å². The van der Waals surface area contributed by atoms with Crippen LogP contribution >= 0.6 is 0 Å². The summed E-state index contributed by atoms with van der Waals surface area (Å²) in [6.07, 6.45) is 0.359. The molecule has 1 atom stereocenters. The first-order chi connectivity index (χ1) is 9.27. The molecule has 8 heteroatoms. The van der Waals surface area contributed by atoms with Crippen LogP contribution in [0, 0.1) is 0 Å². The summed E-state index contributed by atoms with van der Waals surface area (Å²) in [6, 6.07) is -1.79. The van der Waals surface area contributed by atoms with Gasteiger partial charge >= 0.3 is 12.0 Å². The number of carbonyl (C=O) groups is 3. The lowest BCUT2D eigenvalue weighted by Crippen LogP contribution is -2.49. The third kappa shape index (κ3) is 7.57. The van der Waals surface area contributed by atoms with Crippen LogP contribution in [0.5, 0.6) is 0 Å². The molecule has 0 unspecified atom stereocenters. The fourth-order valence-corrected chi connectivity index (χ4v) is 1.62. The van der Waals surface area contributed by atoms with Crippen molar-refractivity contribution in [2.45, 2.75) is 25.8 Å². The van der Waals surface area contributed by atoms with Crippen molar-refractivity contribution in [2.75, 3.05) is 33.7 Å². The van der Waals surface area contributed by atoms with Crippen molar-refractivity contribution in [1.29, 1.82) is 0 Å². The largest absolute Gasteiger partial charge is 0.480 e. The minimum atomic E-state index is -1.29. The van der Waals surface area contributed by atoms with Crippen LogP contribution in [0.15, 0.2) is 0 Å². The average molecular weight is 288 g/mol. The molecule has 0 aliphatic carbocycles. The van der Waals surface area contributed by atoms with Crippen LogP contribution in [0.25, 0.3) is 0 Å². The number of primary amides is 1. The summed E-state index contributed by atoms with van der Waals surface area (Å²) in [5.41, 5.74) is 4.96. The summed E-state index contributed by atoms with van der Waals surface area (Å²) in [5.74, 6) is -2.05. The van der Waals surface area contributed by atoms with Crippen LogP contribution in [0.3, 0.4) is 0 Å². The molecule has 4 N–H and O–H groups in total. The van der Waals surface area contributed by atoms with E-state index in [0.717, 1.165) is 13.0 Å². The Labute approximate surface area is 118 Å². The molecule has 0 aromatic carbocycles. The first kappa shape index (κ1) is 18.2. The zero-order valence-electron chi connectivity index (χ0n) is 12.3. The molecule has 0 aliphatic heterocycles. The molecule has 20 heavy (non-hydrogen) atoms. The van der Waals surface area contributed by atoms with Crippen LogP contribution < -0.4 is 11.1 Å². The summed E-state index contributed by atoms with van der Waals surface area (Å²) in [7, 11) is 3.87. The van der Waals surface area contributed by atoms with Crippen molar-refractivity contribution < 1.29 is 19.5 Å². The number of nitrogens with one attached hydrogen (secondary N) is 1. The van der Waals surface area contributed by atoms with Crippen LogP contribution in [-0.4, -0.2) is 72.6 Å². The Bertz CT molecular complexity index is 346. The van der Waals surface area contributed by atoms with Crippen LogP contribution in [0.2, 0.25) is 0 Å². The minimum absolute atomic E-state index is 0.420. The predicted octanol–water partition coefficient (Wildman–Crippen LogP) is -0.702. The smallest absolute Gasteiger partial charge is 0.326 e. The fourth-order valence-electron chi connectivity index (χ4n) is 1.62. The number of amides is 3. The summed E-state index contributed by atoms with van der Waals surface area (Å²) in [5, 5.41) is 11.2. The van der Waals surface area contributed by atoms with Crippen molar-refractivity contribution in [3.05, 3.63) is 0 Å². The average Bonchev–Trinajstić information content (AvgIpc) is 2.32. The second kappa shape index (κ2) is 9.13. The number of rotatable bonds is 9. The lowest BCUT2D eigenvalue weighted by atomic mass is 10.2. The lowest BCUT2D eigenvalue weighted by Gasteiger charge is -2.24. The quantitative estimate of drug-likeness (QED) is 0.519. The lowest BCUT2D eigenvalue weighted by molar-refractivity contribution is -0.140. The van der Waals surface area contributed by atoms with E-state index in [-0.39, 0.29) is 0 Å². The van der Waals surface area contributed by atoms with Crippen LogP contribution in [0.1, 0.15) is 19.8 Å². The number of carboxylic acids is 1. The fraction of sp³-hybridized carbons (Fsp3) is 0.750. The maximum atomic E-state index is 11.9. The summed E-state index contributed by atoms with van der Waals surface area (Å²) in [6.45, 7) is 3.61. The molecule has 0 bridgehead atoms. The summed E-state index contributed by atoms with van der Waals surface area (Å²) in [4.78, 5) is 37.1. The normalized spacial score (nSPS) is 12.0. The molecule has 0 radical (unpaired) electrons. The molecule has 0 rings (SSSR count). The maximum absolute atomic E-state index is 11.9. The highest BCUT2D eigenvalue weighted by Gasteiger charge is 2.24. The molecule has 0 heterocycles. The number of carbonyl (C=O) groups excluding carboxylic acids is 2. The number of carboxylic acid groups (broad SMARTS) is 1. The van der Waals surface area contributed by atoms with Crippen molar-refractivity contribution in [2.24, 2.45) is 5.73 Å². The van der Waals surface area contributed by atoms with Gasteiger partial charge < -0.3 is 26.0 Å². The molecule has 0 aliphatic rings. The molecule has 0 spiro atoms. The van der Waals surface area contributed by atoms with Gasteiger partial charge in [0.1, 0.15) is 6.04 Å². The first-order valence-electron chi connectivity index (χ1n) is 6.49. The first-order valence-corrected chi connectivity index (χ1v) is 6.49. The van der Waals surface area contributed by atoms with Crippen molar-refractivity contribution in [3.63, 3.8) is 0 Å². The topological polar surface area (TPSA) is 116 Å². The monoisotopic (exact) mass is 288 g/mol. The Morgan fingerprint density at radius 1 is 1.25 bits per heavy atom. The zero-order valence-corrected chi connectivity index (χ0v) is 12.3. The van der Waals surface area contributed by atoms with Crippen LogP contribution in [-0.2, 0) is 9.59 Å². The summed E-state index contributed by atoms with van der Waals surface area (Å²) >= 11 is 0. The molecule has 0 saturated carbocycles. The van der Waals surface area contributed by atoms with E-state index in [1.807, 2.05) is 19.0 Å². The van der Waals surface area contributed by atoms with Crippen molar-refractivity contribution in [3.8, 4) is 0 Å². The van der Waals surface area contributed by atoms with Gasteiger partial charge in [-0.3, -0.25) is 4.79 Å². The van der Waals surface area contributed by atoms with E-state index in [2.05, 4.69) is 5.32 Å². The van der Waals surface area contributed by atoms with E-state index < -0.39 is 30.4 Å². The number of hydrogen-bond donors (Lipinski definition) is 3. The molecule has 116 valence electrons. The second-order valence-electron chi connectivity index (χ2n) is 4.75. The molecule has 8 nitrogen and oxygen atoms in total. The third-order valence-electron chi connectivity index (χ3n) is 2.70. The summed E-state index contributed by atoms with van der Waals surface area (Å²) < 4.78 is 0. The molecule has 0 aromatic rings. The Morgan fingerprint density at radius 3 is 2.25 bits per heavy atom. The molecule has 3 amide bonds. The van der Waals surface area contributed by atoms with Gasteiger partial charge in [0.2, 0.25) is 5.91 Å². The minimum Gasteiger partial charge on any atom is -0.480 e. The highest BCUT2D eigenvalue weighted by Crippen LogP contribution is 1.98. The Kier molecular flexibility index (Phi) is 8.30. The SMILES string of the molecule is CCN(CCCN(C)C)C(=O)N[C@H](CC(N)=O)C(=O)O. The van der Waals surface area contributed by atoms with Gasteiger partial charge in [0.25, 0.3) is 0 Å². The van der Waals surface area contributed by atoms with E-state index in [9.17, 15) is 14.4 Å². The maximum Gasteiger partial charge on any atom is 0.326 e. The standard InChI is InChI=1S/C12H24N4O4/c1-4-16(7-5-6-15(2)3)12(20)14-9(11(18)19)8-10(13)17/h9H,4-8H2,1-3H3,(H2,13,17)(H,14,20)(H,18,19)/t9-/m1/s1. The van der Waals surface area contributed by atoms with Gasteiger partial charge in [-0.2, -0.15) is 0 Å². The molecule has 0 saturated heterocycles. The van der Waals surface area contributed by atoms with E-state index in [4.69, 9.17) is 10.8 Å². The molecular formula is C12H24N4O4. The number of urea groups is 1. The Morgan fingerprint density at radius 2 is 1.85 bits per heavy atom. The van der Waals surface area contributed by atoms with Gasteiger partial charge in [0, 0.05) is 13.1 Å². The van der Waals surface area contributed by atoms with Gasteiger partial charge in [-0.1, -0.05) is 0 Å². The number of aliphatic carboxylic acids is 1. The van der Waals surface area contributed by atoms with Gasteiger partial charge in [0.05, 0.1) is 6.42 Å². The van der Waals surface area contributed by atoms with E-state index in [1.54, 1.807) is 6.92 Å². The Hall–Kier alpha value is -1.83. The molecular weight excluding hydrogens is 264 g/mol. The van der Waals surface area contributed by atoms with E-state index >= 15 is 0 Å². The van der Waals surface area contributed by atoms with Gasteiger partial charge in [-0.15, -0.1) is 0 Å². The third-order valence-corrected chi connectivity index (χ3v) is 2.70. The molecule has 0 aromatic heterocycles. The van der Waals surface area contributed by atoms with Gasteiger partial charge in [0.15, 0.2) is 0 Å². The number of hydrogen-bond acceptors (Lipinski definition) is 4. The second-order valence-corrected chi connectivity index (χ2v) is 4.75. The number of nitrogens with zero attached hydrogens (tertiary/aromatic N) is 2. The molecule has 0 fully saturated rings. The van der Waals surface area contributed by atoms with Gasteiger partial charge in [-0.05, 0) is 34.0 Å². The highest BCUT2D eigenvalue weighted by molar-refractivity contribution is 5.87. The van der Waals surface area contributed by atoms with Crippen molar-refractivity contribution in [1.82, 2.24) is 15.1 Å². The van der Waals surface area contributed by atoms with E-state index in [1.165, 1.54) is 4.90 Å². The van der Waals surface area contributed by atoms with Crippen molar-refractivity contribution >= 4 is 17.9 Å².